The molecule has 2 amide bonds. The number of halogens is 3. The number of aliphatic hydroxyl groups excluding tert-OH is 1. The van der Waals surface area contributed by atoms with Crippen LogP contribution in [0.2, 0.25) is 15.1 Å². The number of nitrogens with one attached hydrogen (secondary N) is 1. The monoisotopic (exact) mass is 502 g/mol. The molecule has 3 aromatic rings. The van der Waals surface area contributed by atoms with Gasteiger partial charge < -0.3 is 10.4 Å². The van der Waals surface area contributed by atoms with Crippen molar-refractivity contribution in [3.8, 4) is 0 Å². The number of carbonyl (C=O) groups excluding carboxylic acids is 2. The van der Waals surface area contributed by atoms with Crippen molar-refractivity contribution in [2.24, 2.45) is 0 Å². The maximum atomic E-state index is 13.6. The Hall–Kier alpha value is -2.64. The number of hydrogen-bond acceptors (Lipinski definition) is 4. The third-order valence-electron chi connectivity index (χ3n) is 5.33. The predicted octanol–water partition coefficient (Wildman–Crippen LogP) is 6.40. The molecule has 32 heavy (non-hydrogen) atoms. The van der Waals surface area contributed by atoms with E-state index in [2.05, 4.69) is 5.32 Å². The minimum atomic E-state index is -1.63. The van der Waals surface area contributed by atoms with Crippen molar-refractivity contribution in [1.29, 1.82) is 0 Å². The topological polar surface area (TPSA) is 69.6 Å². The van der Waals surface area contributed by atoms with Gasteiger partial charge in [0, 0.05) is 36.9 Å². The quantitative estimate of drug-likeness (QED) is 0.434. The summed E-state index contributed by atoms with van der Waals surface area (Å²) in [5.41, 5.74) is -0.290. The Kier molecular flexibility index (Phi) is 5.13. The van der Waals surface area contributed by atoms with Crippen LogP contribution in [0, 0.1) is 0 Å². The van der Waals surface area contributed by atoms with E-state index in [-0.39, 0.29) is 4.91 Å². The van der Waals surface area contributed by atoms with E-state index in [0.717, 1.165) is 11.8 Å². The molecule has 2 aliphatic rings. The summed E-state index contributed by atoms with van der Waals surface area (Å²) < 4.78 is 0. The predicted molar refractivity (Wildman–Crippen MR) is 128 cm³/mol. The molecule has 1 atom stereocenters. The van der Waals surface area contributed by atoms with E-state index in [4.69, 9.17) is 34.8 Å². The van der Waals surface area contributed by atoms with Gasteiger partial charge in [0.1, 0.15) is 0 Å². The van der Waals surface area contributed by atoms with Crippen molar-refractivity contribution in [3.63, 3.8) is 0 Å². The number of hydrogen-bond donors (Lipinski definition) is 2. The zero-order valence-electron chi connectivity index (χ0n) is 16.1. The number of fused-ring (bicyclic) bond motifs is 2. The van der Waals surface area contributed by atoms with Crippen molar-refractivity contribution in [2.75, 3.05) is 10.2 Å². The average molecular weight is 504 g/mol. The first-order valence-electron chi connectivity index (χ1n) is 9.41. The summed E-state index contributed by atoms with van der Waals surface area (Å²) in [7, 11) is 0. The number of amides is 2. The van der Waals surface area contributed by atoms with E-state index >= 15 is 0 Å². The van der Waals surface area contributed by atoms with Gasteiger partial charge in [-0.1, -0.05) is 58.7 Å². The lowest BCUT2D eigenvalue weighted by Gasteiger charge is -2.35. The van der Waals surface area contributed by atoms with Gasteiger partial charge in [0.05, 0.1) is 4.91 Å². The average Bonchev–Trinajstić information content (AvgIpc) is 3.15. The lowest BCUT2D eigenvalue weighted by Crippen LogP contribution is -2.50. The van der Waals surface area contributed by atoms with Crippen LogP contribution < -0.4 is 10.2 Å². The van der Waals surface area contributed by atoms with E-state index in [1.54, 1.807) is 66.7 Å². The summed E-state index contributed by atoms with van der Waals surface area (Å²) in [6, 6.07) is 18.4. The highest BCUT2D eigenvalue weighted by Crippen LogP contribution is 2.57. The second-order valence-electron chi connectivity index (χ2n) is 7.21. The number of aliphatic hydroxyl groups is 1. The minimum absolute atomic E-state index is 0.184. The van der Waals surface area contributed by atoms with E-state index in [1.165, 1.54) is 4.90 Å². The fraction of sp³-hybridized carbons (Fsp3) is 0.0435. The highest BCUT2D eigenvalue weighted by Gasteiger charge is 2.63. The van der Waals surface area contributed by atoms with E-state index in [9.17, 15) is 14.7 Å². The molecule has 2 heterocycles. The van der Waals surface area contributed by atoms with Crippen molar-refractivity contribution in [1.82, 2.24) is 0 Å². The van der Waals surface area contributed by atoms with Crippen LogP contribution in [0.25, 0.3) is 0 Å². The van der Waals surface area contributed by atoms with Gasteiger partial charge in [-0.05, 0) is 54.6 Å². The molecule has 3 aromatic carbocycles. The van der Waals surface area contributed by atoms with Crippen LogP contribution in [0.5, 0.6) is 0 Å². The van der Waals surface area contributed by atoms with Crippen molar-refractivity contribution in [3.05, 3.63) is 98.0 Å². The first-order chi connectivity index (χ1) is 15.3. The normalized spacial score (nSPS) is 19.7. The van der Waals surface area contributed by atoms with E-state index in [1.807, 2.05) is 0 Å². The van der Waals surface area contributed by atoms with Crippen LogP contribution in [0.15, 0.2) is 82.3 Å². The van der Waals surface area contributed by atoms with Gasteiger partial charge in [-0.3, -0.25) is 14.5 Å². The Morgan fingerprint density at radius 2 is 1.56 bits per heavy atom. The lowest BCUT2D eigenvalue weighted by molar-refractivity contribution is -0.123. The number of anilines is 2. The molecule has 0 bridgehead atoms. The molecule has 0 fully saturated rings. The smallest absolute Gasteiger partial charge is 0.295 e. The fourth-order valence-electron chi connectivity index (χ4n) is 4.01. The number of rotatable bonds is 3. The summed E-state index contributed by atoms with van der Waals surface area (Å²) in [6.45, 7) is 0. The summed E-state index contributed by atoms with van der Waals surface area (Å²) in [6.07, 6.45) is 0. The highest BCUT2D eigenvalue weighted by atomic mass is 35.5. The third kappa shape index (κ3) is 3.10. The van der Waals surface area contributed by atoms with Crippen molar-refractivity contribution >= 4 is 69.8 Å². The number of thioether (sulfide) groups is 1. The zero-order chi connectivity index (χ0) is 22.6. The molecule has 2 N–H and O–H groups in total. The molecule has 5 rings (SSSR count). The number of nitrogens with zero attached hydrogens (tertiary/aromatic N) is 1. The first-order valence-corrected chi connectivity index (χ1v) is 11.4. The van der Waals surface area contributed by atoms with Gasteiger partial charge in [0.15, 0.2) is 11.3 Å². The SMILES string of the molecule is O=C1C(O)=C(Sc2ccc(Cl)cc2)[C@]2(C(=O)Nc3cc(Cl)ccc32)N1c1cccc(Cl)c1. The van der Waals surface area contributed by atoms with Gasteiger partial charge in [0.2, 0.25) is 0 Å². The maximum absolute atomic E-state index is 13.6. The molecule has 2 aliphatic heterocycles. The standard InChI is InChI=1S/C23H13Cl3N2O3S/c24-12-4-7-16(8-5-12)32-20-19(29)21(30)28(15-3-1-2-13(25)10-15)23(20)17-9-6-14(26)11-18(17)27-22(23)31/h1-11,29H,(H,27,31)/t23-/m1/s1. The van der Waals surface area contributed by atoms with Crippen LogP contribution in [0.4, 0.5) is 11.4 Å². The van der Waals surface area contributed by atoms with E-state index < -0.39 is 23.1 Å². The second kappa shape index (κ2) is 7.74. The molecule has 1 spiro atoms. The highest BCUT2D eigenvalue weighted by molar-refractivity contribution is 8.03. The molecular weight excluding hydrogens is 491 g/mol. The van der Waals surface area contributed by atoms with Crippen LogP contribution in [0.1, 0.15) is 5.56 Å². The minimum Gasteiger partial charge on any atom is -0.502 e. The number of carbonyl (C=O) groups is 2. The molecule has 0 aromatic heterocycles. The summed E-state index contributed by atoms with van der Waals surface area (Å²) >= 11 is 19.5. The van der Waals surface area contributed by atoms with Crippen LogP contribution in [0.3, 0.4) is 0 Å². The van der Waals surface area contributed by atoms with Crippen LogP contribution in [-0.4, -0.2) is 16.9 Å². The molecule has 5 nitrogen and oxygen atoms in total. The molecule has 0 saturated carbocycles. The van der Waals surface area contributed by atoms with Gasteiger partial charge in [-0.15, -0.1) is 0 Å². The summed E-state index contributed by atoms with van der Waals surface area (Å²) in [5.74, 6) is -1.70. The molecule has 0 aliphatic carbocycles. The molecule has 9 heteroatoms. The van der Waals surface area contributed by atoms with Gasteiger partial charge in [0.25, 0.3) is 11.8 Å². The molecule has 0 radical (unpaired) electrons. The van der Waals surface area contributed by atoms with E-state index in [0.29, 0.717) is 36.9 Å². The van der Waals surface area contributed by atoms with Gasteiger partial charge in [-0.25, -0.2) is 0 Å². The molecule has 0 unspecified atom stereocenters. The molecular formula is C23H13Cl3N2O3S. The van der Waals surface area contributed by atoms with Crippen molar-refractivity contribution < 1.29 is 14.7 Å². The Morgan fingerprint density at radius 3 is 2.28 bits per heavy atom. The third-order valence-corrected chi connectivity index (χ3v) is 7.26. The first kappa shape index (κ1) is 21.2. The van der Waals surface area contributed by atoms with Gasteiger partial charge in [-0.2, -0.15) is 0 Å². The Balaban J connectivity index is 1.77. The molecule has 0 saturated heterocycles. The second-order valence-corrected chi connectivity index (χ2v) is 9.60. The Morgan fingerprint density at radius 1 is 0.875 bits per heavy atom. The molecule has 160 valence electrons. The van der Waals surface area contributed by atoms with Gasteiger partial charge >= 0.3 is 0 Å². The Labute approximate surface area is 202 Å². The lowest BCUT2D eigenvalue weighted by atomic mass is 9.90. The number of benzene rings is 3. The largest absolute Gasteiger partial charge is 0.502 e. The fourth-order valence-corrected chi connectivity index (χ4v) is 5.63. The summed E-state index contributed by atoms with van der Waals surface area (Å²) in [5, 5.41) is 15.2. The maximum Gasteiger partial charge on any atom is 0.295 e. The van der Waals surface area contributed by atoms with Crippen LogP contribution in [-0.2, 0) is 15.1 Å². The zero-order valence-corrected chi connectivity index (χ0v) is 19.2. The summed E-state index contributed by atoms with van der Waals surface area (Å²) in [4.78, 5) is 29.2. The van der Waals surface area contributed by atoms with Crippen molar-refractivity contribution in [2.45, 2.75) is 10.4 Å². The Bertz CT molecular complexity index is 1330. The van der Waals surface area contributed by atoms with Crippen LogP contribution >= 0.6 is 46.6 Å².